The van der Waals surface area contributed by atoms with E-state index in [9.17, 15) is 4.79 Å². The Kier molecular flexibility index (Phi) is 2.09. The van der Waals surface area contributed by atoms with Crippen LogP contribution in [0.4, 0.5) is 0 Å². The first-order chi connectivity index (χ1) is 7.80. The van der Waals surface area contributed by atoms with Crippen LogP contribution < -0.4 is 5.43 Å². The number of hydrogen-bond donors (Lipinski definition) is 1. The maximum Gasteiger partial charge on any atom is 0.243 e. The molecule has 1 amide bonds. The summed E-state index contributed by atoms with van der Waals surface area (Å²) in [6, 6.07) is 3.58. The smallest absolute Gasteiger partial charge is 0.243 e. The molecular formula is C12H14N2O2. The van der Waals surface area contributed by atoms with Crippen molar-refractivity contribution < 1.29 is 9.21 Å². The van der Waals surface area contributed by atoms with Gasteiger partial charge in [-0.2, -0.15) is 5.10 Å². The van der Waals surface area contributed by atoms with E-state index >= 15 is 0 Å². The number of carbonyl (C=O) groups excluding carboxylic acids is 1. The molecular weight excluding hydrogens is 204 g/mol. The topological polar surface area (TPSA) is 54.6 Å². The van der Waals surface area contributed by atoms with Crippen LogP contribution in [0, 0.1) is 11.3 Å². The molecule has 4 heteroatoms. The number of rotatable bonds is 3. The minimum absolute atomic E-state index is 0.0579. The molecule has 2 aliphatic carbocycles. The molecule has 4 nitrogen and oxygen atoms in total. The van der Waals surface area contributed by atoms with Crippen LogP contribution in [-0.2, 0) is 4.79 Å². The normalized spacial score (nSPS) is 25.6. The van der Waals surface area contributed by atoms with E-state index in [4.69, 9.17) is 4.42 Å². The van der Waals surface area contributed by atoms with Crippen molar-refractivity contribution in [2.45, 2.75) is 25.7 Å². The average Bonchev–Trinajstić information content (AvgIpc) is 2.82. The van der Waals surface area contributed by atoms with Gasteiger partial charge in [-0.05, 0) is 36.8 Å². The van der Waals surface area contributed by atoms with Crippen LogP contribution in [0.2, 0.25) is 0 Å². The van der Waals surface area contributed by atoms with Crippen LogP contribution in [0.3, 0.4) is 0 Å². The average molecular weight is 218 g/mol. The summed E-state index contributed by atoms with van der Waals surface area (Å²) in [6.07, 6.45) is 7.86. The second kappa shape index (κ2) is 3.47. The third-order valence-corrected chi connectivity index (χ3v) is 3.77. The second-order valence-electron chi connectivity index (χ2n) is 4.72. The lowest BCUT2D eigenvalue weighted by molar-refractivity contribution is -0.123. The highest BCUT2D eigenvalue weighted by Crippen LogP contribution is 2.65. The molecule has 3 rings (SSSR count). The van der Waals surface area contributed by atoms with Crippen molar-refractivity contribution in [2.75, 3.05) is 0 Å². The fourth-order valence-electron chi connectivity index (χ4n) is 2.50. The van der Waals surface area contributed by atoms with Gasteiger partial charge in [-0.3, -0.25) is 4.79 Å². The predicted molar refractivity (Wildman–Crippen MR) is 58.8 cm³/mol. The number of carbonyl (C=O) groups is 1. The molecule has 1 N–H and O–H groups in total. The van der Waals surface area contributed by atoms with Crippen molar-refractivity contribution in [1.29, 1.82) is 0 Å². The largest absolute Gasteiger partial charge is 0.463 e. The van der Waals surface area contributed by atoms with E-state index in [-0.39, 0.29) is 11.8 Å². The molecule has 0 aromatic carbocycles. The van der Waals surface area contributed by atoms with Crippen molar-refractivity contribution in [2.24, 2.45) is 16.4 Å². The molecule has 1 aromatic rings. The van der Waals surface area contributed by atoms with Crippen LogP contribution in [0.5, 0.6) is 0 Å². The van der Waals surface area contributed by atoms with E-state index in [1.54, 1.807) is 18.4 Å². The Morgan fingerprint density at radius 3 is 3.06 bits per heavy atom. The summed E-state index contributed by atoms with van der Waals surface area (Å²) < 4.78 is 5.06. The lowest BCUT2D eigenvalue weighted by Gasteiger charge is -2.25. The first-order valence-electron chi connectivity index (χ1n) is 5.67. The number of furan rings is 1. The van der Waals surface area contributed by atoms with Gasteiger partial charge in [-0.1, -0.05) is 6.42 Å². The SMILES string of the molecule is O=C(NN=Cc1ccco1)C1CC12CCC2. The monoisotopic (exact) mass is 218 g/mol. The molecule has 1 heterocycles. The highest BCUT2D eigenvalue weighted by molar-refractivity contribution is 5.84. The van der Waals surface area contributed by atoms with Gasteiger partial charge >= 0.3 is 0 Å². The Hall–Kier alpha value is -1.58. The van der Waals surface area contributed by atoms with Gasteiger partial charge in [0.2, 0.25) is 5.91 Å². The summed E-state index contributed by atoms with van der Waals surface area (Å²) in [5.74, 6) is 0.909. The van der Waals surface area contributed by atoms with Gasteiger partial charge in [0, 0.05) is 5.92 Å². The molecule has 0 aliphatic heterocycles. The summed E-state index contributed by atoms with van der Waals surface area (Å²) in [4.78, 5) is 11.7. The molecule has 2 aliphatic rings. The van der Waals surface area contributed by atoms with Crippen LogP contribution in [0.15, 0.2) is 27.9 Å². The molecule has 1 atom stereocenters. The second-order valence-corrected chi connectivity index (χ2v) is 4.72. The fourth-order valence-corrected chi connectivity index (χ4v) is 2.50. The van der Waals surface area contributed by atoms with Crippen LogP contribution in [0.1, 0.15) is 31.4 Å². The standard InChI is InChI=1S/C12H14N2O2/c15-11(10-7-12(10)4-2-5-12)14-13-8-9-3-1-6-16-9/h1,3,6,8,10H,2,4-5,7H2,(H,14,15). The minimum Gasteiger partial charge on any atom is -0.463 e. The van der Waals surface area contributed by atoms with Crippen molar-refractivity contribution in [3.8, 4) is 0 Å². The van der Waals surface area contributed by atoms with Gasteiger partial charge in [-0.25, -0.2) is 5.43 Å². The molecule has 84 valence electrons. The van der Waals surface area contributed by atoms with Gasteiger partial charge in [-0.15, -0.1) is 0 Å². The zero-order valence-electron chi connectivity index (χ0n) is 8.98. The quantitative estimate of drug-likeness (QED) is 0.622. The van der Waals surface area contributed by atoms with E-state index < -0.39 is 0 Å². The third-order valence-electron chi connectivity index (χ3n) is 3.77. The summed E-state index contributed by atoms with van der Waals surface area (Å²) in [5, 5.41) is 3.88. The Morgan fingerprint density at radius 1 is 1.62 bits per heavy atom. The van der Waals surface area contributed by atoms with E-state index in [0.29, 0.717) is 11.2 Å². The van der Waals surface area contributed by atoms with Gasteiger partial charge in [0.1, 0.15) is 5.76 Å². The number of amides is 1. The summed E-state index contributed by atoms with van der Waals surface area (Å²) in [5.41, 5.74) is 2.94. The maximum absolute atomic E-state index is 11.7. The van der Waals surface area contributed by atoms with Gasteiger partial charge in [0.25, 0.3) is 0 Å². The lowest BCUT2D eigenvalue weighted by atomic mass is 9.80. The van der Waals surface area contributed by atoms with Crippen molar-refractivity contribution in [3.05, 3.63) is 24.2 Å². The zero-order valence-corrected chi connectivity index (χ0v) is 8.98. The van der Waals surface area contributed by atoms with Gasteiger partial charge in [0.05, 0.1) is 12.5 Å². The number of hydrogen-bond acceptors (Lipinski definition) is 3. The van der Waals surface area contributed by atoms with Crippen molar-refractivity contribution in [1.82, 2.24) is 5.43 Å². The predicted octanol–water partition coefficient (Wildman–Crippen LogP) is 1.92. The summed E-state index contributed by atoms with van der Waals surface area (Å²) >= 11 is 0. The fraction of sp³-hybridized carbons (Fsp3) is 0.500. The molecule has 0 radical (unpaired) electrons. The Balaban J connectivity index is 1.51. The number of nitrogens with zero attached hydrogens (tertiary/aromatic N) is 1. The van der Waals surface area contributed by atoms with E-state index in [2.05, 4.69) is 10.5 Å². The van der Waals surface area contributed by atoms with E-state index in [1.807, 2.05) is 0 Å². The summed E-state index contributed by atoms with van der Waals surface area (Å²) in [7, 11) is 0. The molecule has 1 unspecified atom stereocenters. The number of hydrazone groups is 1. The van der Waals surface area contributed by atoms with Crippen LogP contribution in [-0.4, -0.2) is 12.1 Å². The maximum atomic E-state index is 11.7. The van der Waals surface area contributed by atoms with Crippen molar-refractivity contribution in [3.63, 3.8) is 0 Å². The van der Waals surface area contributed by atoms with Crippen LogP contribution in [0.25, 0.3) is 0 Å². The Labute approximate surface area is 93.7 Å². The molecule has 0 saturated heterocycles. The molecule has 2 fully saturated rings. The van der Waals surface area contributed by atoms with Gasteiger partial charge in [0.15, 0.2) is 0 Å². The Morgan fingerprint density at radius 2 is 2.50 bits per heavy atom. The highest BCUT2D eigenvalue weighted by Gasteiger charge is 2.60. The lowest BCUT2D eigenvalue weighted by Crippen LogP contribution is -2.26. The van der Waals surface area contributed by atoms with E-state index in [1.165, 1.54) is 25.5 Å². The summed E-state index contributed by atoms with van der Waals surface area (Å²) in [6.45, 7) is 0. The van der Waals surface area contributed by atoms with Gasteiger partial charge < -0.3 is 4.42 Å². The number of nitrogens with one attached hydrogen (secondary N) is 1. The molecule has 16 heavy (non-hydrogen) atoms. The molecule has 1 aromatic heterocycles. The van der Waals surface area contributed by atoms with Crippen LogP contribution >= 0.6 is 0 Å². The molecule has 2 saturated carbocycles. The first kappa shape index (κ1) is 9.63. The van der Waals surface area contributed by atoms with E-state index in [0.717, 1.165) is 6.42 Å². The highest BCUT2D eigenvalue weighted by atomic mass is 16.3. The van der Waals surface area contributed by atoms with Crippen molar-refractivity contribution >= 4 is 12.1 Å². The minimum atomic E-state index is 0.0579. The first-order valence-corrected chi connectivity index (χ1v) is 5.67. The molecule has 0 bridgehead atoms. The zero-order chi connectivity index (χ0) is 11.0. The Bertz CT molecular complexity index is 418. The third kappa shape index (κ3) is 1.54. The molecule has 1 spiro atoms.